The molecule has 0 bridgehead atoms. The number of rotatable bonds is 3. The number of carbonyl (C=O) groups excluding carboxylic acids is 2. The second-order valence-electron chi connectivity index (χ2n) is 8.79. The first-order chi connectivity index (χ1) is 14.6. The van der Waals surface area contributed by atoms with Gasteiger partial charge in [-0.2, -0.15) is 0 Å². The molecular formula is C24H28N2O4. The molecule has 1 atom stereocenters. The van der Waals surface area contributed by atoms with Gasteiger partial charge in [0.2, 0.25) is 0 Å². The largest absolute Gasteiger partial charge is 0.465 e. The van der Waals surface area contributed by atoms with Crippen LogP contribution in [0.3, 0.4) is 0 Å². The van der Waals surface area contributed by atoms with Gasteiger partial charge < -0.3 is 19.7 Å². The van der Waals surface area contributed by atoms with Crippen molar-refractivity contribution in [3.63, 3.8) is 0 Å². The number of ether oxygens (including phenoxy) is 2. The minimum Gasteiger partial charge on any atom is -0.465 e. The third-order valence-electron chi connectivity index (χ3n) is 6.59. The van der Waals surface area contributed by atoms with E-state index in [1.807, 2.05) is 0 Å². The van der Waals surface area contributed by atoms with E-state index in [-0.39, 0.29) is 17.8 Å². The molecule has 1 aromatic carbocycles. The molecule has 3 aliphatic heterocycles. The lowest BCUT2D eigenvalue weighted by atomic mass is 9.92. The molecule has 30 heavy (non-hydrogen) atoms. The van der Waals surface area contributed by atoms with E-state index in [2.05, 4.69) is 35.4 Å². The molecule has 1 saturated heterocycles. The SMILES string of the molecule is COC(=O)c1cc2c(cc1C1CC1)N1C(=CC(C)CC=C1C1CCOCC1)C(=O)N2. The standard InChI is InChI=1S/C24H28N2O4/c1-14-3-6-20(16-7-9-30-10-8-16)26-21-13-17(15-4-5-15)18(24(28)29-2)12-19(21)25-23(27)22(26)11-14/h6,11-16H,3-5,7-10H2,1-2H3,(H,25,27). The van der Waals surface area contributed by atoms with Crippen LogP contribution in [-0.2, 0) is 14.3 Å². The summed E-state index contributed by atoms with van der Waals surface area (Å²) >= 11 is 0. The summed E-state index contributed by atoms with van der Waals surface area (Å²) in [5, 5.41) is 3.03. The predicted molar refractivity (Wildman–Crippen MR) is 114 cm³/mol. The molecule has 6 nitrogen and oxygen atoms in total. The molecule has 4 aliphatic rings. The van der Waals surface area contributed by atoms with Crippen molar-refractivity contribution in [1.29, 1.82) is 0 Å². The van der Waals surface area contributed by atoms with Crippen LogP contribution in [0.5, 0.6) is 0 Å². The second kappa shape index (κ2) is 7.58. The zero-order valence-corrected chi connectivity index (χ0v) is 17.6. The number of nitrogens with one attached hydrogen (secondary N) is 1. The van der Waals surface area contributed by atoms with E-state index in [4.69, 9.17) is 9.47 Å². The second-order valence-corrected chi connectivity index (χ2v) is 8.79. The summed E-state index contributed by atoms with van der Waals surface area (Å²) in [6.45, 7) is 3.64. The summed E-state index contributed by atoms with van der Waals surface area (Å²) in [7, 11) is 1.40. The van der Waals surface area contributed by atoms with E-state index >= 15 is 0 Å². The van der Waals surface area contributed by atoms with Gasteiger partial charge in [0.15, 0.2) is 0 Å². The summed E-state index contributed by atoms with van der Waals surface area (Å²) in [6.07, 6.45) is 9.36. The van der Waals surface area contributed by atoms with Crippen LogP contribution in [0.25, 0.3) is 0 Å². The maximum atomic E-state index is 13.1. The molecule has 1 aliphatic carbocycles. The highest BCUT2D eigenvalue weighted by molar-refractivity contribution is 6.13. The van der Waals surface area contributed by atoms with Crippen molar-refractivity contribution in [2.75, 3.05) is 30.5 Å². The van der Waals surface area contributed by atoms with Gasteiger partial charge in [0, 0.05) is 24.8 Å². The number of methoxy groups -OCH3 is 1. The number of amides is 1. The molecule has 0 aromatic heterocycles. The van der Waals surface area contributed by atoms with E-state index in [0.717, 1.165) is 56.6 Å². The number of esters is 1. The summed E-state index contributed by atoms with van der Waals surface area (Å²) in [5.74, 6) is 0.556. The highest BCUT2D eigenvalue weighted by Crippen LogP contribution is 2.48. The van der Waals surface area contributed by atoms with Gasteiger partial charge in [-0.25, -0.2) is 4.79 Å². The quantitative estimate of drug-likeness (QED) is 0.754. The Labute approximate surface area is 176 Å². The Balaban J connectivity index is 1.67. The first kappa shape index (κ1) is 19.4. The highest BCUT2D eigenvalue weighted by atomic mass is 16.5. The molecule has 6 heteroatoms. The molecule has 3 heterocycles. The smallest absolute Gasteiger partial charge is 0.338 e. The van der Waals surface area contributed by atoms with Gasteiger partial charge in [0.25, 0.3) is 5.91 Å². The molecule has 158 valence electrons. The van der Waals surface area contributed by atoms with E-state index in [0.29, 0.717) is 28.8 Å². The number of nitrogens with zero attached hydrogens (tertiary/aromatic N) is 1. The molecular weight excluding hydrogens is 380 g/mol. The minimum atomic E-state index is -0.347. The van der Waals surface area contributed by atoms with Gasteiger partial charge in [-0.3, -0.25) is 4.79 Å². The van der Waals surface area contributed by atoms with Gasteiger partial charge in [0.05, 0.1) is 24.0 Å². The van der Waals surface area contributed by atoms with Crippen molar-refractivity contribution in [2.24, 2.45) is 11.8 Å². The van der Waals surface area contributed by atoms with Gasteiger partial charge in [-0.15, -0.1) is 0 Å². The van der Waals surface area contributed by atoms with Crippen LogP contribution < -0.4 is 10.2 Å². The number of anilines is 2. The van der Waals surface area contributed by atoms with Gasteiger partial charge in [-0.1, -0.05) is 19.1 Å². The average Bonchev–Trinajstić information content (AvgIpc) is 3.61. The number of carbonyl (C=O) groups is 2. The van der Waals surface area contributed by atoms with Crippen LogP contribution in [-0.4, -0.2) is 32.2 Å². The Hall–Kier alpha value is -2.60. The Morgan fingerprint density at radius 2 is 1.93 bits per heavy atom. The van der Waals surface area contributed by atoms with Gasteiger partial charge >= 0.3 is 5.97 Å². The number of benzene rings is 1. The van der Waals surface area contributed by atoms with Crippen molar-refractivity contribution in [1.82, 2.24) is 0 Å². The predicted octanol–water partition coefficient (Wildman–Crippen LogP) is 4.34. The normalized spacial score (nSPS) is 24.1. The lowest BCUT2D eigenvalue weighted by Crippen LogP contribution is -2.38. The Kier molecular flexibility index (Phi) is 4.89. The summed E-state index contributed by atoms with van der Waals surface area (Å²) in [6, 6.07) is 3.91. The van der Waals surface area contributed by atoms with Crippen molar-refractivity contribution in [2.45, 2.75) is 44.9 Å². The topological polar surface area (TPSA) is 67.9 Å². The first-order valence-electron chi connectivity index (χ1n) is 10.9. The Morgan fingerprint density at radius 1 is 1.17 bits per heavy atom. The third-order valence-corrected chi connectivity index (χ3v) is 6.59. The molecule has 0 radical (unpaired) electrons. The maximum absolute atomic E-state index is 13.1. The lowest BCUT2D eigenvalue weighted by molar-refractivity contribution is -0.113. The summed E-state index contributed by atoms with van der Waals surface area (Å²) in [4.78, 5) is 27.7. The summed E-state index contributed by atoms with van der Waals surface area (Å²) < 4.78 is 10.6. The highest BCUT2D eigenvalue weighted by Gasteiger charge is 2.38. The Morgan fingerprint density at radius 3 is 2.63 bits per heavy atom. The fourth-order valence-electron chi connectivity index (χ4n) is 4.83. The van der Waals surface area contributed by atoms with Gasteiger partial charge in [0.1, 0.15) is 5.70 Å². The number of hydrogen-bond donors (Lipinski definition) is 1. The minimum absolute atomic E-state index is 0.121. The van der Waals surface area contributed by atoms with E-state index in [9.17, 15) is 9.59 Å². The molecule has 0 spiro atoms. The van der Waals surface area contributed by atoms with E-state index in [1.54, 1.807) is 6.07 Å². The number of allylic oxidation sites excluding steroid dienone is 3. The number of fused-ring (bicyclic) bond motifs is 3. The zero-order chi connectivity index (χ0) is 20.8. The van der Waals surface area contributed by atoms with Crippen molar-refractivity contribution >= 4 is 23.3 Å². The van der Waals surface area contributed by atoms with Crippen LogP contribution in [0, 0.1) is 11.8 Å². The van der Waals surface area contributed by atoms with Crippen LogP contribution in [0.1, 0.15) is 60.9 Å². The van der Waals surface area contributed by atoms with E-state index in [1.165, 1.54) is 12.8 Å². The summed E-state index contributed by atoms with van der Waals surface area (Å²) in [5.41, 5.74) is 5.11. The van der Waals surface area contributed by atoms with Crippen LogP contribution in [0.4, 0.5) is 11.4 Å². The fraction of sp³-hybridized carbons (Fsp3) is 0.500. The molecule has 1 N–H and O–H groups in total. The van der Waals surface area contributed by atoms with E-state index < -0.39 is 0 Å². The fourth-order valence-corrected chi connectivity index (χ4v) is 4.83. The van der Waals surface area contributed by atoms with Crippen molar-refractivity contribution in [3.05, 3.63) is 46.8 Å². The monoisotopic (exact) mass is 408 g/mol. The molecule has 2 fully saturated rings. The molecule has 1 unspecified atom stereocenters. The van der Waals surface area contributed by atoms with Crippen LogP contribution in [0.15, 0.2) is 35.7 Å². The maximum Gasteiger partial charge on any atom is 0.338 e. The number of hydrogen-bond acceptors (Lipinski definition) is 5. The zero-order valence-electron chi connectivity index (χ0n) is 17.6. The molecule has 5 rings (SSSR count). The average molecular weight is 408 g/mol. The van der Waals surface area contributed by atoms with Gasteiger partial charge in [-0.05, 0) is 61.6 Å². The van der Waals surface area contributed by atoms with Crippen molar-refractivity contribution in [3.8, 4) is 0 Å². The lowest BCUT2D eigenvalue weighted by Gasteiger charge is -2.39. The molecule has 1 saturated carbocycles. The third kappa shape index (κ3) is 3.33. The van der Waals surface area contributed by atoms with Crippen LogP contribution >= 0.6 is 0 Å². The molecule has 1 amide bonds. The first-order valence-corrected chi connectivity index (χ1v) is 10.9. The molecule has 1 aromatic rings. The van der Waals surface area contributed by atoms with Crippen LogP contribution in [0.2, 0.25) is 0 Å². The van der Waals surface area contributed by atoms with Crippen molar-refractivity contribution < 1.29 is 19.1 Å². The Bertz CT molecular complexity index is 954.